The third-order valence-corrected chi connectivity index (χ3v) is 8.72. The Labute approximate surface area is 395 Å². The highest BCUT2D eigenvalue weighted by Gasteiger charge is 2.27. The van der Waals surface area contributed by atoms with Gasteiger partial charge in [0, 0.05) is 39.1 Å². The highest BCUT2D eigenvalue weighted by Crippen LogP contribution is 2.13. The molecule has 19 heteroatoms. The first-order valence-electron chi connectivity index (χ1n) is 22.3. The van der Waals surface area contributed by atoms with Gasteiger partial charge in [-0.05, 0) is 99.8 Å². The van der Waals surface area contributed by atoms with Crippen molar-refractivity contribution in [3.8, 4) is 0 Å². The number of nitrogens with one attached hydrogen (secondary N) is 3. The summed E-state index contributed by atoms with van der Waals surface area (Å²) < 4.78 is 21.8. The molecule has 374 valence electrons. The molecule has 0 fully saturated rings. The SMILES string of the molecule is CC(C)(C)OC(=O)CN(CCN(CCN(CC(=O)OC(C)(C)C)CC(=O)OC(C)(C)C)CC(=O)NCc1ccc(CONC(=O)C(Cc2ccccc2)NC(=O)OC(C)(C)C)cc1)CC(=O)O. The number of hydroxylamine groups is 1. The lowest BCUT2D eigenvalue weighted by Gasteiger charge is -2.30. The van der Waals surface area contributed by atoms with Crippen LogP contribution in [0.1, 0.15) is 99.8 Å². The van der Waals surface area contributed by atoms with E-state index >= 15 is 0 Å². The Kier molecular flexibility index (Phi) is 22.9. The van der Waals surface area contributed by atoms with E-state index in [1.54, 1.807) is 117 Å². The zero-order valence-electron chi connectivity index (χ0n) is 41.4. The fourth-order valence-corrected chi connectivity index (χ4v) is 6.11. The Morgan fingerprint density at radius 3 is 1.42 bits per heavy atom. The predicted octanol–water partition coefficient (Wildman–Crippen LogP) is 4.00. The summed E-state index contributed by atoms with van der Waals surface area (Å²) in [4.78, 5) is 99.6. The lowest BCUT2D eigenvalue weighted by molar-refractivity contribution is -0.160. The van der Waals surface area contributed by atoms with E-state index in [0.29, 0.717) is 5.56 Å². The summed E-state index contributed by atoms with van der Waals surface area (Å²) in [6.07, 6.45) is -0.542. The maximum Gasteiger partial charge on any atom is 0.408 e. The van der Waals surface area contributed by atoms with E-state index in [0.717, 1.165) is 11.1 Å². The molecular weight excluding hydrogens is 869 g/mol. The first-order chi connectivity index (χ1) is 30.9. The standard InChI is InChI=1S/C48H74N6O13/c1-45(2,3)64-40(58)30-53(29-39(56)57)24-22-52(23-25-54(31-41(59)65-46(4,5)6)32-42(60)66-47(7,8)9)28-38(55)49-27-35-18-20-36(21-19-35)33-63-51-43(61)37(26-34-16-14-13-15-17-34)50-44(62)67-48(10,11)12/h13-21,37H,22-33H2,1-12H3,(H,49,55)(H,50,62)(H,51,61)(H,56,57). The van der Waals surface area contributed by atoms with Gasteiger partial charge in [0.25, 0.3) is 5.91 Å². The molecule has 0 saturated carbocycles. The van der Waals surface area contributed by atoms with Crippen molar-refractivity contribution < 1.29 is 62.5 Å². The Balaban J connectivity index is 2.15. The second-order valence-electron chi connectivity index (χ2n) is 20.1. The summed E-state index contributed by atoms with van der Waals surface area (Å²) in [7, 11) is 0. The van der Waals surface area contributed by atoms with Gasteiger partial charge in [-0.1, -0.05) is 54.6 Å². The van der Waals surface area contributed by atoms with Gasteiger partial charge in [0.2, 0.25) is 5.91 Å². The molecule has 0 heterocycles. The highest BCUT2D eigenvalue weighted by molar-refractivity contribution is 5.85. The molecule has 0 bridgehead atoms. The second kappa shape index (κ2) is 26.6. The summed E-state index contributed by atoms with van der Waals surface area (Å²) in [6, 6.07) is 15.3. The first kappa shape index (κ1) is 57.5. The maximum absolute atomic E-state index is 13.5. The van der Waals surface area contributed by atoms with Crippen molar-refractivity contribution in [1.82, 2.24) is 30.8 Å². The Hall–Kier alpha value is -5.63. The van der Waals surface area contributed by atoms with Crippen molar-refractivity contribution >= 4 is 41.8 Å². The normalized spacial score (nSPS) is 12.6. The minimum absolute atomic E-state index is 0.00350. The number of esters is 3. The summed E-state index contributed by atoms with van der Waals surface area (Å²) >= 11 is 0. The lowest BCUT2D eigenvalue weighted by atomic mass is 10.1. The van der Waals surface area contributed by atoms with E-state index in [2.05, 4.69) is 16.1 Å². The number of carboxylic acid groups (broad SMARTS) is 1. The number of hydrogen-bond donors (Lipinski definition) is 4. The number of benzene rings is 2. The van der Waals surface area contributed by atoms with E-state index < -0.39 is 70.9 Å². The van der Waals surface area contributed by atoms with Gasteiger partial charge >= 0.3 is 30.0 Å². The quantitative estimate of drug-likeness (QED) is 0.0626. The Morgan fingerprint density at radius 1 is 0.537 bits per heavy atom. The van der Waals surface area contributed by atoms with Gasteiger partial charge in [-0.25, -0.2) is 10.3 Å². The number of amides is 3. The predicted molar refractivity (Wildman–Crippen MR) is 249 cm³/mol. The molecule has 1 unspecified atom stereocenters. The summed E-state index contributed by atoms with van der Waals surface area (Å²) in [5.41, 5.74) is 1.60. The molecule has 0 spiro atoms. The van der Waals surface area contributed by atoms with Crippen LogP contribution in [0.25, 0.3) is 0 Å². The molecule has 0 radical (unpaired) electrons. The number of rotatable bonds is 25. The summed E-state index contributed by atoms with van der Waals surface area (Å²) in [6.45, 7) is 19.9. The number of carboxylic acids is 1. The van der Waals surface area contributed by atoms with E-state index in [-0.39, 0.29) is 77.8 Å². The van der Waals surface area contributed by atoms with Crippen molar-refractivity contribution in [3.63, 3.8) is 0 Å². The first-order valence-corrected chi connectivity index (χ1v) is 22.3. The van der Waals surface area contributed by atoms with E-state index in [4.69, 9.17) is 23.8 Å². The Bertz CT molecular complexity index is 1890. The molecule has 0 aliphatic rings. The molecule has 2 aromatic carbocycles. The van der Waals surface area contributed by atoms with Gasteiger partial charge in [0.05, 0.1) is 39.3 Å². The van der Waals surface area contributed by atoms with Gasteiger partial charge in [0.15, 0.2) is 0 Å². The van der Waals surface area contributed by atoms with Gasteiger partial charge < -0.3 is 34.7 Å². The average molecular weight is 943 g/mol. The molecule has 2 aromatic rings. The lowest BCUT2D eigenvalue weighted by Crippen LogP contribution is -2.49. The second-order valence-corrected chi connectivity index (χ2v) is 20.1. The van der Waals surface area contributed by atoms with Gasteiger partial charge in [-0.2, -0.15) is 0 Å². The minimum Gasteiger partial charge on any atom is -0.480 e. The molecule has 67 heavy (non-hydrogen) atoms. The van der Waals surface area contributed by atoms with Gasteiger partial charge in [0.1, 0.15) is 28.4 Å². The average Bonchev–Trinajstić information content (AvgIpc) is 3.15. The number of ether oxygens (including phenoxy) is 4. The van der Waals surface area contributed by atoms with Crippen LogP contribution in [0.15, 0.2) is 54.6 Å². The molecule has 0 aliphatic heterocycles. The molecule has 2 rings (SSSR count). The summed E-state index contributed by atoms with van der Waals surface area (Å²) in [5.74, 6) is -3.83. The van der Waals surface area contributed by atoms with Crippen LogP contribution in [0.5, 0.6) is 0 Å². The van der Waals surface area contributed by atoms with E-state index in [1.165, 1.54) is 4.90 Å². The molecule has 3 amide bonds. The zero-order valence-corrected chi connectivity index (χ0v) is 41.4. The molecule has 0 saturated heterocycles. The van der Waals surface area contributed by atoms with Crippen LogP contribution in [-0.2, 0) is 72.1 Å². The van der Waals surface area contributed by atoms with Crippen LogP contribution in [0.3, 0.4) is 0 Å². The van der Waals surface area contributed by atoms with Crippen LogP contribution < -0.4 is 16.1 Å². The molecular formula is C48H74N6O13. The number of alkyl carbamates (subject to hydrolysis) is 1. The molecule has 0 aliphatic carbocycles. The van der Waals surface area contributed by atoms with Crippen LogP contribution in [-0.4, -0.2) is 149 Å². The van der Waals surface area contributed by atoms with Crippen molar-refractivity contribution in [1.29, 1.82) is 0 Å². The van der Waals surface area contributed by atoms with Crippen LogP contribution >= 0.6 is 0 Å². The van der Waals surface area contributed by atoms with Crippen LogP contribution in [0.4, 0.5) is 4.79 Å². The largest absolute Gasteiger partial charge is 0.480 e. The van der Waals surface area contributed by atoms with E-state index in [1.807, 2.05) is 30.3 Å². The molecule has 0 aromatic heterocycles. The van der Waals surface area contributed by atoms with Crippen molar-refractivity contribution in [2.24, 2.45) is 0 Å². The molecule has 4 N–H and O–H groups in total. The third-order valence-electron chi connectivity index (χ3n) is 8.72. The number of hydrogen-bond acceptors (Lipinski definition) is 15. The van der Waals surface area contributed by atoms with Crippen molar-refractivity contribution in [2.75, 3.05) is 58.9 Å². The molecule has 1 atom stereocenters. The number of aliphatic carboxylic acids is 1. The fourth-order valence-electron chi connectivity index (χ4n) is 6.11. The van der Waals surface area contributed by atoms with Crippen LogP contribution in [0, 0.1) is 0 Å². The van der Waals surface area contributed by atoms with E-state index in [9.17, 15) is 38.7 Å². The maximum atomic E-state index is 13.5. The minimum atomic E-state index is -1.16. The third kappa shape index (κ3) is 28.2. The topological polar surface area (TPSA) is 232 Å². The number of carbonyl (C=O) groups excluding carboxylic acids is 6. The van der Waals surface area contributed by atoms with Gasteiger partial charge in [-0.3, -0.25) is 48.3 Å². The highest BCUT2D eigenvalue weighted by atomic mass is 16.7. The van der Waals surface area contributed by atoms with Crippen molar-refractivity contribution in [2.45, 2.75) is 131 Å². The smallest absolute Gasteiger partial charge is 0.408 e. The fraction of sp³-hybridized carbons (Fsp3) is 0.604. The number of carbonyl (C=O) groups is 7. The Morgan fingerprint density at radius 2 is 0.970 bits per heavy atom. The molecule has 19 nitrogen and oxygen atoms in total. The summed E-state index contributed by atoms with van der Waals surface area (Å²) in [5, 5.41) is 15.1. The monoisotopic (exact) mass is 943 g/mol. The van der Waals surface area contributed by atoms with Crippen molar-refractivity contribution in [3.05, 3.63) is 71.3 Å². The van der Waals surface area contributed by atoms with Gasteiger partial charge in [-0.15, -0.1) is 0 Å². The zero-order chi connectivity index (χ0) is 50.6. The number of nitrogens with zero attached hydrogens (tertiary/aromatic N) is 3. The van der Waals surface area contributed by atoms with Crippen LogP contribution in [0.2, 0.25) is 0 Å².